The van der Waals surface area contributed by atoms with Crippen LogP contribution in [0, 0.1) is 0 Å². The number of carbonyl (C=O) groups excluding carboxylic acids is 1. The minimum Gasteiger partial charge on any atom is -0.455 e. The summed E-state index contributed by atoms with van der Waals surface area (Å²) in [5.74, 6) is -0.592. The smallest absolute Gasteiger partial charge is 0.338 e. The standard InChI is InChI=1S/C14H16ClN3O4S2/c1-3-18(4-2)24(20,21)11-7-5-10(6-8-11)14(19)22-9-12-13(15)23-17-16-12/h5-8H,3-4,9H2,1-2H3. The molecule has 0 saturated carbocycles. The zero-order valence-electron chi connectivity index (χ0n) is 13.1. The van der Waals surface area contributed by atoms with Gasteiger partial charge in [-0.25, -0.2) is 13.2 Å². The molecule has 7 nitrogen and oxygen atoms in total. The number of rotatable bonds is 7. The van der Waals surface area contributed by atoms with Gasteiger partial charge in [-0.15, -0.1) is 5.10 Å². The molecule has 0 spiro atoms. The molecule has 0 saturated heterocycles. The Morgan fingerprint density at radius 2 is 1.88 bits per heavy atom. The summed E-state index contributed by atoms with van der Waals surface area (Å²) in [4.78, 5) is 12.1. The van der Waals surface area contributed by atoms with E-state index in [0.717, 1.165) is 11.5 Å². The molecule has 0 aliphatic rings. The van der Waals surface area contributed by atoms with Crippen molar-refractivity contribution < 1.29 is 17.9 Å². The summed E-state index contributed by atoms with van der Waals surface area (Å²) in [5, 5.41) is 3.74. The molecule has 2 rings (SSSR count). The Balaban J connectivity index is 2.08. The van der Waals surface area contributed by atoms with E-state index in [0.29, 0.717) is 23.1 Å². The number of carbonyl (C=O) groups is 1. The van der Waals surface area contributed by atoms with E-state index in [1.54, 1.807) is 13.8 Å². The first-order valence-corrected chi connectivity index (χ1v) is 9.73. The van der Waals surface area contributed by atoms with Crippen molar-refractivity contribution in [2.75, 3.05) is 13.1 Å². The van der Waals surface area contributed by atoms with E-state index in [4.69, 9.17) is 16.3 Å². The average Bonchev–Trinajstić information content (AvgIpc) is 2.98. The third-order valence-electron chi connectivity index (χ3n) is 3.28. The number of hydrogen-bond acceptors (Lipinski definition) is 7. The fourth-order valence-corrected chi connectivity index (χ4v) is 4.04. The number of nitrogens with zero attached hydrogens (tertiary/aromatic N) is 3. The van der Waals surface area contributed by atoms with Crippen LogP contribution in [0.15, 0.2) is 29.2 Å². The van der Waals surface area contributed by atoms with Crippen LogP contribution in [-0.4, -0.2) is 41.4 Å². The van der Waals surface area contributed by atoms with Crippen molar-refractivity contribution in [2.45, 2.75) is 25.3 Å². The largest absolute Gasteiger partial charge is 0.455 e. The van der Waals surface area contributed by atoms with Crippen molar-refractivity contribution in [2.24, 2.45) is 0 Å². The maximum absolute atomic E-state index is 12.4. The molecule has 0 unspecified atom stereocenters. The second kappa shape index (κ2) is 8.02. The summed E-state index contributed by atoms with van der Waals surface area (Å²) in [6, 6.07) is 5.61. The highest BCUT2D eigenvalue weighted by atomic mass is 35.5. The van der Waals surface area contributed by atoms with Gasteiger partial charge in [0, 0.05) is 24.6 Å². The lowest BCUT2D eigenvalue weighted by atomic mass is 10.2. The highest BCUT2D eigenvalue weighted by Crippen LogP contribution is 2.19. The normalized spacial score (nSPS) is 11.7. The average molecular weight is 390 g/mol. The van der Waals surface area contributed by atoms with Crippen molar-refractivity contribution >= 4 is 39.1 Å². The quantitative estimate of drug-likeness (QED) is 0.676. The van der Waals surface area contributed by atoms with Crippen LogP contribution in [0.25, 0.3) is 0 Å². The van der Waals surface area contributed by atoms with Gasteiger partial charge in [0.1, 0.15) is 16.6 Å². The number of esters is 1. The molecule has 0 bridgehead atoms. The van der Waals surface area contributed by atoms with Gasteiger partial charge in [0.2, 0.25) is 10.0 Å². The predicted molar refractivity (Wildman–Crippen MR) is 90.6 cm³/mol. The van der Waals surface area contributed by atoms with Crippen LogP contribution in [0.3, 0.4) is 0 Å². The summed E-state index contributed by atoms with van der Waals surface area (Å²) < 4.78 is 35.2. The van der Waals surface area contributed by atoms with Gasteiger partial charge in [-0.05, 0) is 24.3 Å². The molecule has 130 valence electrons. The number of hydrogen-bond donors (Lipinski definition) is 0. The summed E-state index contributed by atoms with van der Waals surface area (Å²) >= 11 is 6.83. The van der Waals surface area contributed by atoms with E-state index in [9.17, 15) is 13.2 Å². The van der Waals surface area contributed by atoms with Crippen LogP contribution < -0.4 is 0 Å². The maximum Gasteiger partial charge on any atom is 0.338 e. The third-order valence-corrected chi connectivity index (χ3v) is 6.33. The lowest BCUT2D eigenvalue weighted by Crippen LogP contribution is -2.30. The van der Waals surface area contributed by atoms with Crippen LogP contribution in [-0.2, 0) is 21.4 Å². The van der Waals surface area contributed by atoms with Gasteiger partial charge in [0.15, 0.2) is 0 Å². The lowest BCUT2D eigenvalue weighted by Gasteiger charge is -2.18. The van der Waals surface area contributed by atoms with E-state index >= 15 is 0 Å². The topological polar surface area (TPSA) is 89.5 Å². The van der Waals surface area contributed by atoms with Gasteiger partial charge in [-0.2, -0.15) is 4.31 Å². The van der Waals surface area contributed by atoms with Crippen LogP contribution >= 0.6 is 23.1 Å². The molecule has 0 amide bonds. The molecule has 1 aromatic carbocycles. The van der Waals surface area contributed by atoms with Gasteiger partial charge in [0.05, 0.1) is 10.5 Å². The number of aromatic nitrogens is 2. The van der Waals surface area contributed by atoms with Crippen LogP contribution in [0.1, 0.15) is 29.9 Å². The van der Waals surface area contributed by atoms with E-state index in [-0.39, 0.29) is 17.1 Å². The maximum atomic E-state index is 12.4. The molecule has 0 aliphatic carbocycles. The highest BCUT2D eigenvalue weighted by molar-refractivity contribution is 7.89. The van der Waals surface area contributed by atoms with Crippen LogP contribution in [0.2, 0.25) is 4.34 Å². The number of ether oxygens (including phenoxy) is 1. The van der Waals surface area contributed by atoms with Gasteiger partial charge in [0.25, 0.3) is 0 Å². The molecule has 24 heavy (non-hydrogen) atoms. The summed E-state index contributed by atoms with van der Waals surface area (Å²) in [7, 11) is -3.55. The van der Waals surface area contributed by atoms with Crippen LogP contribution in [0.5, 0.6) is 0 Å². The summed E-state index contributed by atoms with van der Waals surface area (Å²) in [6.45, 7) is 4.21. The molecule has 0 atom stereocenters. The number of sulfonamides is 1. The van der Waals surface area contributed by atoms with Crippen molar-refractivity contribution in [3.05, 3.63) is 39.9 Å². The van der Waals surface area contributed by atoms with Gasteiger partial charge >= 0.3 is 5.97 Å². The molecule has 0 N–H and O–H groups in total. The Morgan fingerprint density at radius 1 is 1.25 bits per heavy atom. The Hall–Kier alpha value is -1.55. The summed E-state index contributed by atoms with van der Waals surface area (Å²) in [6.07, 6.45) is 0. The molecule has 0 radical (unpaired) electrons. The van der Waals surface area contributed by atoms with Crippen molar-refractivity contribution in [1.82, 2.24) is 13.9 Å². The van der Waals surface area contributed by atoms with E-state index in [1.165, 1.54) is 28.6 Å². The monoisotopic (exact) mass is 389 g/mol. The first-order chi connectivity index (χ1) is 11.4. The molecular weight excluding hydrogens is 374 g/mol. The van der Waals surface area contributed by atoms with Gasteiger partial charge in [-0.3, -0.25) is 0 Å². The lowest BCUT2D eigenvalue weighted by molar-refractivity contribution is 0.0468. The Morgan fingerprint density at radius 3 is 2.38 bits per heavy atom. The van der Waals surface area contributed by atoms with Gasteiger partial charge in [-0.1, -0.05) is 29.9 Å². The fraction of sp³-hybridized carbons (Fsp3) is 0.357. The van der Waals surface area contributed by atoms with Crippen molar-refractivity contribution in [1.29, 1.82) is 0 Å². The van der Waals surface area contributed by atoms with Crippen molar-refractivity contribution in [3.63, 3.8) is 0 Å². The molecule has 2 aromatic rings. The molecule has 0 aliphatic heterocycles. The second-order valence-electron chi connectivity index (χ2n) is 4.68. The first-order valence-electron chi connectivity index (χ1n) is 7.14. The molecule has 1 heterocycles. The minimum atomic E-state index is -3.55. The minimum absolute atomic E-state index is 0.0896. The highest BCUT2D eigenvalue weighted by Gasteiger charge is 2.22. The van der Waals surface area contributed by atoms with E-state index in [2.05, 4.69) is 9.59 Å². The zero-order valence-corrected chi connectivity index (χ0v) is 15.5. The first kappa shape index (κ1) is 18.8. The molecule has 1 aromatic heterocycles. The SMILES string of the molecule is CCN(CC)S(=O)(=O)c1ccc(C(=O)OCc2nnsc2Cl)cc1. The molecule has 10 heteroatoms. The number of halogens is 1. The third kappa shape index (κ3) is 4.10. The fourth-order valence-electron chi connectivity index (χ4n) is 1.98. The van der Waals surface area contributed by atoms with E-state index < -0.39 is 16.0 Å². The number of benzene rings is 1. The second-order valence-corrected chi connectivity index (χ2v) is 7.98. The Labute approximate surface area is 149 Å². The van der Waals surface area contributed by atoms with Crippen LogP contribution in [0.4, 0.5) is 0 Å². The molecular formula is C14H16ClN3O4S2. The Kier molecular flexibility index (Phi) is 6.27. The zero-order chi connectivity index (χ0) is 17.7. The van der Waals surface area contributed by atoms with E-state index in [1.807, 2.05) is 0 Å². The predicted octanol–water partition coefficient (Wildman–Crippen LogP) is 2.58. The molecule has 0 fully saturated rings. The van der Waals surface area contributed by atoms with Gasteiger partial charge < -0.3 is 4.74 Å². The Bertz CT molecular complexity index is 802. The van der Waals surface area contributed by atoms with Crippen molar-refractivity contribution in [3.8, 4) is 0 Å². The summed E-state index contributed by atoms with van der Waals surface area (Å²) in [5.41, 5.74) is 0.628.